The first-order valence-corrected chi connectivity index (χ1v) is 42.6. The number of nitrogens with one attached hydrogen (secondary N) is 9. The molecule has 0 spiro atoms. The summed E-state index contributed by atoms with van der Waals surface area (Å²) in [5.74, 6) is -17.3. The number of halogens is 2. The van der Waals surface area contributed by atoms with Crippen LogP contribution in [0.1, 0.15) is 169 Å². The zero-order valence-electron chi connectivity index (χ0n) is 67.9. The molecule has 40 nitrogen and oxygen atoms in total. The molecule has 0 aromatic heterocycles. The van der Waals surface area contributed by atoms with Gasteiger partial charge < -0.3 is 143 Å². The number of benzene rings is 5. The molecule has 123 heavy (non-hydrogen) atoms. The van der Waals surface area contributed by atoms with Crippen molar-refractivity contribution in [2.75, 3.05) is 39.6 Å². The van der Waals surface area contributed by atoms with Crippen LogP contribution in [0.3, 0.4) is 0 Å². The van der Waals surface area contributed by atoms with Gasteiger partial charge in [-0.1, -0.05) is 107 Å². The highest BCUT2D eigenvalue weighted by atomic mass is 35.5. The molecule has 12 rings (SSSR count). The van der Waals surface area contributed by atoms with Gasteiger partial charge in [0, 0.05) is 48.3 Å². The van der Waals surface area contributed by atoms with Crippen molar-refractivity contribution in [1.82, 2.24) is 52.9 Å². The summed E-state index contributed by atoms with van der Waals surface area (Å²) < 4.78 is 51.3. The second-order valence-corrected chi connectivity index (χ2v) is 34.0. The quantitative estimate of drug-likeness (QED) is 0.0131. The summed E-state index contributed by atoms with van der Waals surface area (Å²) in [6, 6.07) is -2.67. The van der Waals surface area contributed by atoms with Crippen LogP contribution in [0.15, 0.2) is 78.1 Å². The monoisotopic (exact) mass is 1780 g/mol. The Labute approximate surface area is 715 Å². The first-order valence-electron chi connectivity index (χ1n) is 40.0. The number of ether oxygens (including phenoxy) is 6. The second kappa shape index (κ2) is 41.9. The highest BCUT2D eigenvalue weighted by Gasteiger charge is 2.52. The summed E-state index contributed by atoms with van der Waals surface area (Å²) in [6.45, 7) is 7.73. The van der Waals surface area contributed by atoms with Crippen LogP contribution in [0.2, 0.25) is 10.0 Å². The molecular weight excluding hydrogens is 1680 g/mol. The minimum atomic E-state index is -4.85. The van der Waals surface area contributed by atoms with Crippen molar-refractivity contribution < 1.29 is 132 Å². The van der Waals surface area contributed by atoms with E-state index < -0.39 is 274 Å². The average Bonchev–Trinajstić information content (AvgIpc) is 0.721. The van der Waals surface area contributed by atoms with Gasteiger partial charge in [0.2, 0.25) is 53.4 Å². The molecule has 5 aromatic carbocycles. The summed E-state index contributed by atoms with van der Waals surface area (Å²) in [6.07, 6.45) is -12.2. The third-order valence-corrected chi connectivity index (χ3v) is 23.1. The normalized spacial score (nSPS) is 26.4. The number of phenols is 3. The Bertz CT molecular complexity index is 4750. The van der Waals surface area contributed by atoms with Crippen LogP contribution in [0.25, 0.3) is 11.1 Å². The predicted molar refractivity (Wildman–Crippen MR) is 437 cm³/mol. The number of carboxylic acid groups (broad SMARTS) is 1. The molecule has 2 saturated heterocycles. The zero-order valence-corrected chi connectivity index (χ0v) is 70.3. The van der Waals surface area contributed by atoms with Gasteiger partial charge in [0.25, 0.3) is 0 Å². The van der Waals surface area contributed by atoms with Crippen molar-refractivity contribution in [2.45, 2.75) is 221 Å². The Balaban J connectivity index is 1.17. The molecule has 43 heteroatoms. The molecular formula is C80H105Cl2N12O28P. The molecule has 7 aliphatic heterocycles. The molecule has 0 saturated carbocycles. The molecule has 0 aliphatic carbocycles. The van der Waals surface area contributed by atoms with Gasteiger partial charge in [0.05, 0.1) is 65.0 Å². The van der Waals surface area contributed by atoms with Gasteiger partial charge >= 0.3 is 13.6 Å². The van der Waals surface area contributed by atoms with Gasteiger partial charge in [-0.2, -0.15) is 0 Å². The fourth-order valence-electron chi connectivity index (χ4n) is 15.3. The Morgan fingerprint density at radius 3 is 1.93 bits per heavy atom. The van der Waals surface area contributed by atoms with E-state index in [1.807, 2.05) is 0 Å². The van der Waals surface area contributed by atoms with Crippen molar-refractivity contribution in [2.24, 2.45) is 16.9 Å². The van der Waals surface area contributed by atoms with E-state index in [9.17, 15) is 84.7 Å². The average molecular weight is 1780 g/mol. The lowest BCUT2D eigenvalue weighted by Crippen LogP contribution is -2.65. The van der Waals surface area contributed by atoms with E-state index in [2.05, 4.69) is 60.1 Å². The van der Waals surface area contributed by atoms with E-state index in [0.29, 0.717) is 13.0 Å². The predicted octanol–water partition coefficient (Wildman–Crippen LogP) is 3.09. The molecule has 2 fully saturated rings. The molecule has 18 atom stereocenters. The van der Waals surface area contributed by atoms with E-state index in [1.54, 1.807) is 20.8 Å². The van der Waals surface area contributed by atoms with Crippen LogP contribution in [-0.2, 0) is 63.7 Å². The number of carboxylic acids is 1. The van der Waals surface area contributed by atoms with Gasteiger partial charge in [-0.05, 0) is 117 Å². The molecule has 23 N–H and O–H groups in total. The molecule has 7 heterocycles. The fourth-order valence-corrected chi connectivity index (χ4v) is 16.2. The van der Waals surface area contributed by atoms with Crippen molar-refractivity contribution >= 4 is 78.1 Å². The Morgan fingerprint density at radius 2 is 1.34 bits per heavy atom. The number of hydrogen-bond acceptors (Lipinski definition) is 29. The summed E-state index contributed by atoms with van der Waals surface area (Å²) in [7, 11) is -3.40. The number of nitroso groups, excluding NO2 is 1. The molecule has 11 bridgehead atoms. The zero-order chi connectivity index (χ0) is 89.8. The molecule has 7 amide bonds. The van der Waals surface area contributed by atoms with Crippen LogP contribution in [0.5, 0.6) is 46.0 Å². The lowest BCUT2D eigenvalue weighted by atomic mass is 9.85. The van der Waals surface area contributed by atoms with Crippen molar-refractivity contribution in [3.05, 3.63) is 121 Å². The first-order chi connectivity index (χ1) is 58.3. The number of rotatable bonds is 31. The van der Waals surface area contributed by atoms with E-state index in [-0.39, 0.29) is 48.7 Å². The number of nitrogens with two attached hydrogens (primary N) is 1. The number of phenolic OH excluding ortho intramolecular Hbond substituents is 3. The minimum Gasteiger partial charge on any atom is -0.507 e. The van der Waals surface area contributed by atoms with Crippen LogP contribution in [-0.4, -0.2) is 232 Å². The number of aromatic hydroxyl groups is 3. The highest BCUT2D eigenvalue weighted by Crippen LogP contribution is 2.51. The molecule has 0 radical (unpaired) electrons. The number of fused-ring (bicyclic) bond motifs is 15. The van der Waals surface area contributed by atoms with E-state index in [0.717, 1.165) is 106 Å². The van der Waals surface area contributed by atoms with Crippen LogP contribution in [0, 0.1) is 10.8 Å². The van der Waals surface area contributed by atoms with E-state index in [4.69, 9.17) is 57.4 Å². The number of nitrogens with zero attached hydrogens (tertiary/aromatic N) is 2. The number of aliphatic hydroxyl groups is 6. The molecule has 0 unspecified atom stereocenters. The van der Waals surface area contributed by atoms with Crippen LogP contribution < -0.4 is 67.8 Å². The number of carbonyl (C=O) groups is 8. The van der Waals surface area contributed by atoms with Crippen molar-refractivity contribution in [3.63, 3.8) is 0 Å². The number of aliphatic carboxylic acids is 1. The number of carbonyl (C=O) groups excluding carboxylic acids is 7. The fraction of sp³-hybridized carbons (Fsp3) is 0.525. The number of primary amides is 1. The van der Waals surface area contributed by atoms with Gasteiger partial charge in [-0.25, -0.2) is 4.79 Å². The van der Waals surface area contributed by atoms with Crippen LogP contribution in [0.4, 0.5) is 0 Å². The summed E-state index contributed by atoms with van der Waals surface area (Å²) in [5.41, 5.74) is 0.294. The molecule has 5 aromatic rings. The van der Waals surface area contributed by atoms with E-state index in [1.165, 1.54) is 31.1 Å². The molecule has 7 aliphatic rings. The SMILES string of the molecule is CCCCCCCCCCN(CCN[C@@]1(C)C[C@H](O[C@H]2[C@H](Oc3c4cc5cc3Oc3ccc(cc3Cl)[C@@H](O)[C@@H](NC(=O)[C@@H](CC(C)C)NC)C(=O)N[C@@H](CC(N)=O)C(=O)N[C@H]5C(=O)N[C@H]3C(=O)N[C@H](C(=O)N[C@H](C(=O)O)c5cc(O)c(CNCP(=O)(O)O)c(O)c5-c5cc3ccc5O)[C@H](O)c3ccc(c(Cl)c3)O4)O[C@H](CO)[C@@H](O)[C@@H]2O)O[C@@H](C)[C@H]1O)N=O. The van der Waals surface area contributed by atoms with Crippen molar-refractivity contribution in [3.8, 4) is 57.1 Å². The van der Waals surface area contributed by atoms with Crippen LogP contribution >= 0.6 is 30.8 Å². The smallest absolute Gasteiger partial charge is 0.339 e. The maximum atomic E-state index is 16.3. The maximum Gasteiger partial charge on any atom is 0.339 e. The summed E-state index contributed by atoms with van der Waals surface area (Å²) >= 11 is 14.3. The highest BCUT2D eigenvalue weighted by molar-refractivity contribution is 7.51. The lowest BCUT2D eigenvalue weighted by Gasteiger charge is -2.48. The Hall–Kier alpha value is -9.69. The summed E-state index contributed by atoms with van der Waals surface area (Å²) in [5, 5.41) is 145. The number of amides is 7. The second-order valence-electron chi connectivity index (χ2n) is 31.6. The Kier molecular flexibility index (Phi) is 32.5. The third kappa shape index (κ3) is 23.3. The van der Waals surface area contributed by atoms with Gasteiger partial charge in [0.15, 0.2) is 29.9 Å². The number of likely N-dealkylation sites (N-methyl/N-ethyl adjacent to an activating group) is 1. The lowest BCUT2D eigenvalue weighted by molar-refractivity contribution is -0.334. The third-order valence-electron chi connectivity index (χ3n) is 21.9. The number of aliphatic hydroxyl groups excluding tert-OH is 6. The minimum absolute atomic E-state index is 0.104. The maximum absolute atomic E-state index is 16.3. The summed E-state index contributed by atoms with van der Waals surface area (Å²) in [4.78, 5) is 151. The first kappa shape index (κ1) is 95.5. The van der Waals surface area contributed by atoms with Gasteiger partial charge in [0.1, 0.15) is 89.5 Å². The van der Waals surface area contributed by atoms with Gasteiger partial charge in [-0.3, -0.25) is 43.1 Å². The van der Waals surface area contributed by atoms with Crippen molar-refractivity contribution in [1.29, 1.82) is 0 Å². The number of hydrogen-bond donors (Lipinski definition) is 22. The van der Waals surface area contributed by atoms with E-state index >= 15 is 24.0 Å². The molecule has 672 valence electrons. The topological polar surface area (TPSA) is 619 Å². The Morgan fingerprint density at radius 1 is 0.732 bits per heavy atom. The number of unbranched alkanes of at least 4 members (excludes halogenated alkanes) is 7. The van der Waals surface area contributed by atoms with Gasteiger partial charge in [-0.15, -0.1) is 4.91 Å². The standard InChI is InChI=1S/C80H105Cl2N12O28P/c1-7-8-9-10-11-12-13-14-22-94(93-113)23-21-86-80(5)32-57(117-37(4)71(80)104)121-70-68(103)67(102)55(34-95)120-79(70)122-69-53-28-41-29-54(69)119-52-20-17-40(27-46(52)82)65(100)63-77(110)90-61(78(111)112)43-30-50(97)44(33-85-35-123(114,115)116)66(101)58(43)42-25-38(15-18-49(42)96)59(74(107)92-63)89-75(108)60(41)88-73(106)48(31-56(83)98)87-76(109)62(91-72(105)47(84-6)24-36(2)3)64(99)39-16-19-51(118-53)45(81)26-39/h15-20,25-30,36-37,47-48,55,57,59-65,67-68,70-71,79,84-86,95-97,99-104H,7-14,21-24,31-35H2,1-6H3,(H2,83,98)(H,87,109)(H,88,106)(H,89,108)(H,90,110)(H,91,105)(H,92,107)(H,111,112)(H2,114,115,116)/t37-,47+,48-,55+,57-,59+,60+,61-,62+,63-,64+,65+,67+,68-,70+,71+,79-,80-/m0/s1. The largest absolute Gasteiger partial charge is 0.507 e.